The summed E-state index contributed by atoms with van der Waals surface area (Å²) in [7, 11) is 0. The summed E-state index contributed by atoms with van der Waals surface area (Å²) < 4.78 is 69.2. The van der Waals surface area contributed by atoms with Gasteiger partial charge in [0.2, 0.25) is 0 Å². The molecule has 0 amide bonds. The van der Waals surface area contributed by atoms with Crippen LogP contribution >= 0.6 is 0 Å². The summed E-state index contributed by atoms with van der Waals surface area (Å²) in [4.78, 5) is 14.0. The normalized spacial score (nSPS) is 15.3. The Morgan fingerprint density at radius 3 is 2.30 bits per heavy atom. The van der Waals surface area contributed by atoms with Crippen molar-refractivity contribution < 1.29 is 32.4 Å². The zero-order chi connectivity index (χ0) is 38.3. The Morgan fingerprint density at radius 2 is 1.54 bits per heavy atom. The summed E-state index contributed by atoms with van der Waals surface area (Å²) in [6.07, 6.45) is 2.90. The Labute approximate surface area is 294 Å². The van der Waals surface area contributed by atoms with E-state index in [2.05, 4.69) is 90.0 Å². The van der Waals surface area contributed by atoms with Crippen LogP contribution in [0.3, 0.4) is 0 Å². The van der Waals surface area contributed by atoms with Crippen molar-refractivity contribution in [1.29, 1.82) is 0 Å². The van der Waals surface area contributed by atoms with Crippen molar-refractivity contribution in [2.75, 3.05) is 0 Å². The van der Waals surface area contributed by atoms with Crippen molar-refractivity contribution >= 4 is 59.8 Å². The van der Waals surface area contributed by atoms with E-state index < -0.39 is 20.6 Å². The van der Waals surface area contributed by atoms with Crippen molar-refractivity contribution in [2.45, 2.75) is 40.3 Å². The number of aryl methyl sites for hydroxylation is 3. The van der Waals surface area contributed by atoms with Crippen molar-refractivity contribution in [3.63, 3.8) is 0 Å². The van der Waals surface area contributed by atoms with E-state index >= 15 is 0 Å². The van der Waals surface area contributed by atoms with E-state index in [0.29, 0.717) is 11.5 Å². The molecule has 4 nitrogen and oxygen atoms in total. The van der Waals surface area contributed by atoms with E-state index in [1.807, 2.05) is 12.3 Å². The minimum absolute atomic E-state index is 0. The molecule has 0 aliphatic carbocycles. The Kier molecular flexibility index (Phi) is 5.33. The van der Waals surface area contributed by atoms with Gasteiger partial charge in [0, 0.05) is 72.8 Å². The smallest absolute Gasteiger partial charge is 0.108 e. The molecule has 5 heteroatoms. The van der Waals surface area contributed by atoms with Gasteiger partial charge in [0.25, 0.3) is 0 Å². The molecule has 0 N–H and O–H groups in total. The predicted octanol–water partition coefficient (Wildman–Crippen LogP) is 10.3. The van der Waals surface area contributed by atoms with Gasteiger partial charge in [-0.1, -0.05) is 102 Å². The Bertz CT molecular complexity index is 2880. The quantitative estimate of drug-likeness (QED) is 0.130. The van der Waals surface area contributed by atoms with Crippen LogP contribution in [0.25, 0.3) is 71.0 Å². The molecule has 4 heterocycles. The molecule has 227 valence electrons. The first-order chi connectivity index (χ1) is 25.5. The SMILES string of the molecule is CC(C)c1nc2c3c([c-]c4c5ccccc5n1c42)c1ncccc1c1ccccc13.[2H]C([2H])([2H])c1c[c-]c(-c2cc(C([2H])([2H])[2H])c(C([2H])([2H])[2H])cn2)cc1.[Ir]. The molecule has 0 saturated carbocycles. The second-order valence-corrected chi connectivity index (χ2v) is 11.5. The van der Waals surface area contributed by atoms with Gasteiger partial charge in [-0.2, -0.15) is 0 Å². The summed E-state index contributed by atoms with van der Waals surface area (Å²) in [5.41, 5.74) is 4.49. The van der Waals surface area contributed by atoms with Crippen LogP contribution < -0.4 is 0 Å². The average molecular weight is 782 g/mol. The Balaban J connectivity index is 0.000000171. The van der Waals surface area contributed by atoms with Crippen LogP contribution in [0.5, 0.6) is 0 Å². The fraction of sp³-hybridized carbons (Fsp3) is 0.146. The molecule has 5 aromatic carbocycles. The number of imidazole rings is 1. The first-order valence-electron chi connectivity index (χ1n) is 19.2. The Morgan fingerprint density at radius 1 is 0.761 bits per heavy atom. The number of aromatic nitrogens is 4. The fourth-order valence-corrected chi connectivity index (χ4v) is 6.30. The minimum Gasteiger partial charge on any atom is -0.335 e. The third-order valence-electron chi connectivity index (χ3n) is 8.33. The van der Waals surface area contributed by atoms with E-state index in [1.54, 1.807) is 0 Å². The van der Waals surface area contributed by atoms with Gasteiger partial charge in [-0.15, -0.1) is 41.5 Å². The van der Waals surface area contributed by atoms with Crippen LogP contribution in [0, 0.1) is 32.7 Å². The van der Waals surface area contributed by atoms with Gasteiger partial charge in [0.05, 0.1) is 0 Å². The Hall–Kier alpha value is -4.70. The third-order valence-corrected chi connectivity index (χ3v) is 8.33. The topological polar surface area (TPSA) is 43.1 Å². The number of nitrogens with zero attached hydrogens (tertiary/aromatic N) is 4. The van der Waals surface area contributed by atoms with Crippen LogP contribution in [-0.2, 0) is 20.1 Å². The van der Waals surface area contributed by atoms with Crippen molar-refractivity contribution in [3.8, 4) is 11.3 Å². The maximum Gasteiger partial charge on any atom is 0.108 e. The predicted molar refractivity (Wildman–Crippen MR) is 187 cm³/mol. The number of para-hydroxylation sites is 1. The first kappa shape index (κ1) is 21.2. The van der Waals surface area contributed by atoms with Gasteiger partial charge in [0.1, 0.15) is 5.82 Å². The maximum absolute atomic E-state index is 7.54. The van der Waals surface area contributed by atoms with Crippen molar-refractivity contribution in [3.05, 3.63) is 132 Å². The molecule has 0 aliphatic rings. The number of fused-ring (bicyclic) bond motifs is 10. The van der Waals surface area contributed by atoms with Gasteiger partial charge >= 0.3 is 0 Å². The second-order valence-electron chi connectivity index (χ2n) is 11.5. The van der Waals surface area contributed by atoms with Gasteiger partial charge in [0.15, 0.2) is 0 Å². The van der Waals surface area contributed by atoms with Crippen molar-refractivity contribution in [2.24, 2.45) is 0 Å². The fourth-order valence-electron chi connectivity index (χ4n) is 6.30. The number of hydrogen-bond acceptors (Lipinski definition) is 3. The summed E-state index contributed by atoms with van der Waals surface area (Å²) in [5.74, 6) is 1.42. The average Bonchev–Trinajstić information content (AvgIpc) is 3.69. The van der Waals surface area contributed by atoms with Crippen LogP contribution in [0.1, 0.15) is 54.6 Å². The van der Waals surface area contributed by atoms with Crippen LogP contribution in [0.15, 0.2) is 97.3 Å². The van der Waals surface area contributed by atoms with Crippen LogP contribution in [0.2, 0.25) is 0 Å². The molecule has 0 bridgehead atoms. The maximum atomic E-state index is 7.54. The summed E-state index contributed by atoms with van der Waals surface area (Å²) in [6, 6.07) is 33.2. The zero-order valence-corrected chi connectivity index (χ0v) is 27.3. The summed E-state index contributed by atoms with van der Waals surface area (Å²) >= 11 is 0. The number of benzene rings is 5. The van der Waals surface area contributed by atoms with Gasteiger partial charge in [-0.25, -0.2) is 4.98 Å². The molecule has 46 heavy (non-hydrogen) atoms. The molecule has 0 aliphatic heterocycles. The van der Waals surface area contributed by atoms with Gasteiger partial charge in [-0.05, 0) is 53.3 Å². The molecule has 1 radical (unpaired) electrons. The number of hydrogen-bond donors (Lipinski definition) is 0. The van der Waals surface area contributed by atoms with E-state index in [-0.39, 0.29) is 42.5 Å². The molecule has 9 rings (SSSR count). The number of rotatable bonds is 2. The number of pyridine rings is 2. The summed E-state index contributed by atoms with van der Waals surface area (Å²) in [5, 5.41) is 8.17. The molecule has 0 fully saturated rings. The third kappa shape index (κ3) is 4.65. The van der Waals surface area contributed by atoms with E-state index in [0.717, 1.165) is 44.6 Å². The first-order valence-corrected chi connectivity index (χ1v) is 14.7. The molecular weight excluding hydrogens is 741 g/mol. The van der Waals surface area contributed by atoms with E-state index in [1.165, 1.54) is 51.5 Å². The van der Waals surface area contributed by atoms with Crippen molar-refractivity contribution in [1.82, 2.24) is 19.4 Å². The molecular formula is C41H32IrN4-2. The standard InChI is InChI=1S/C27H18N3.C14H14N.Ir/c1-15(2)27-29-25-23-18-10-4-3-8-16(18)19-11-7-13-28-24(19)21(23)14-20-17-9-5-6-12-22(17)30(27)26(20)25;1-10-4-6-13(7-5-10)14-8-11(2)12(3)9-15-14;/h3-13,15H,1-2H3;4-6,8-9H,1-3H3;/q2*-1;/i;1D3,2D3,3D3;. The molecule has 0 atom stereocenters. The molecule has 0 saturated heterocycles. The summed E-state index contributed by atoms with van der Waals surface area (Å²) in [6.45, 7) is -3.04. The van der Waals surface area contributed by atoms with E-state index in [9.17, 15) is 0 Å². The molecule has 4 aromatic heterocycles. The van der Waals surface area contributed by atoms with Gasteiger partial charge in [-0.3, -0.25) is 4.98 Å². The molecule has 9 aromatic rings. The van der Waals surface area contributed by atoms with E-state index in [4.69, 9.17) is 22.3 Å². The second kappa shape index (κ2) is 11.6. The molecule has 0 unspecified atom stereocenters. The zero-order valence-electron chi connectivity index (χ0n) is 33.9. The largest absolute Gasteiger partial charge is 0.335 e. The molecule has 0 spiro atoms. The van der Waals surface area contributed by atoms with Crippen LogP contribution in [0.4, 0.5) is 0 Å². The van der Waals surface area contributed by atoms with Crippen LogP contribution in [-0.4, -0.2) is 19.4 Å². The van der Waals surface area contributed by atoms with Gasteiger partial charge < -0.3 is 9.38 Å². The minimum atomic E-state index is -2.61. The monoisotopic (exact) mass is 782 g/mol.